The molecule has 0 bridgehead atoms. The third kappa shape index (κ3) is 3.61. The van der Waals surface area contributed by atoms with E-state index in [2.05, 4.69) is 11.1 Å². The SMILES string of the molecule is N#Cc1cc(F)cc(-c2cccc(-c3cc(-c4ccccc4)nc(N)c3C#N)c2)c1. The van der Waals surface area contributed by atoms with Gasteiger partial charge in [-0.15, -0.1) is 0 Å². The van der Waals surface area contributed by atoms with E-state index in [1.54, 1.807) is 6.07 Å². The first-order valence-corrected chi connectivity index (χ1v) is 9.16. The van der Waals surface area contributed by atoms with Crippen LogP contribution in [0.2, 0.25) is 0 Å². The number of aromatic nitrogens is 1. The predicted molar refractivity (Wildman–Crippen MR) is 114 cm³/mol. The van der Waals surface area contributed by atoms with Crippen molar-refractivity contribution in [2.24, 2.45) is 0 Å². The van der Waals surface area contributed by atoms with Gasteiger partial charge in [0.25, 0.3) is 0 Å². The van der Waals surface area contributed by atoms with Gasteiger partial charge in [-0.3, -0.25) is 0 Å². The molecule has 0 amide bonds. The number of nitrogens with zero attached hydrogens (tertiary/aromatic N) is 3. The van der Waals surface area contributed by atoms with E-state index in [1.807, 2.05) is 66.7 Å². The van der Waals surface area contributed by atoms with Crippen molar-refractivity contribution in [3.63, 3.8) is 0 Å². The van der Waals surface area contributed by atoms with Crippen LogP contribution in [0.25, 0.3) is 33.5 Å². The van der Waals surface area contributed by atoms with E-state index < -0.39 is 5.82 Å². The van der Waals surface area contributed by atoms with Crippen LogP contribution in [0.5, 0.6) is 0 Å². The molecule has 5 heteroatoms. The van der Waals surface area contributed by atoms with E-state index >= 15 is 0 Å². The van der Waals surface area contributed by atoms with Crippen LogP contribution < -0.4 is 5.73 Å². The molecule has 0 unspecified atom stereocenters. The molecule has 0 atom stereocenters. The van der Waals surface area contributed by atoms with E-state index in [-0.39, 0.29) is 16.9 Å². The Balaban J connectivity index is 1.88. The van der Waals surface area contributed by atoms with Crippen molar-refractivity contribution in [3.8, 4) is 45.6 Å². The second-order valence-corrected chi connectivity index (χ2v) is 6.71. The molecule has 3 aromatic carbocycles. The van der Waals surface area contributed by atoms with Crippen LogP contribution in [0.3, 0.4) is 0 Å². The molecule has 0 radical (unpaired) electrons. The van der Waals surface area contributed by atoms with Crippen molar-refractivity contribution >= 4 is 5.82 Å². The fraction of sp³-hybridized carbons (Fsp3) is 0. The first-order chi connectivity index (χ1) is 14.6. The zero-order valence-corrected chi connectivity index (χ0v) is 15.8. The quantitative estimate of drug-likeness (QED) is 0.497. The third-order valence-electron chi connectivity index (χ3n) is 4.76. The van der Waals surface area contributed by atoms with Crippen LogP contribution in [0.4, 0.5) is 10.2 Å². The van der Waals surface area contributed by atoms with Gasteiger partial charge in [0.05, 0.1) is 17.3 Å². The molecule has 142 valence electrons. The molecular weight excluding hydrogens is 375 g/mol. The van der Waals surface area contributed by atoms with Crippen LogP contribution in [0, 0.1) is 28.5 Å². The van der Waals surface area contributed by atoms with E-state index in [9.17, 15) is 9.65 Å². The molecule has 1 aromatic heterocycles. The van der Waals surface area contributed by atoms with E-state index in [1.165, 1.54) is 12.1 Å². The average molecular weight is 390 g/mol. The largest absolute Gasteiger partial charge is 0.383 e. The molecule has 0 aliphatic carbocycles. The summed E-state index contributed by atoms with van der Waals surface area (Å²) < 4.78 is 13.9. The van der Waals surface area contributed by atoms with Gasteiger partial charge in [0.1, 0.15) is 23.3 Å². The molecule has 0 spiro atoms. The number of rotatable bonds is 3. The van der Waals surface area contributed by atoms with Crippen molar-refractivity contribution in [2.75, 3.05) is 5.73 Å². The molecule has 0 fully saturated rings. The molecule has 2 N–H and O–H groups in total. The molecule has 0 aliphatic rings. The maximum absolute atomic E-state index is 13.9. The molecule has 4 nitrogen and oxygen atoms in total. The van der Waals surface area contributed by atoms with Crippen LogP contribution in [0.15, 0.2) is 78.9 Å². The number of nitrogen functional groups attached to an aromatic ring is 1. The molecule has 1 heterocycles. The van der Waals surface area contributed by atoms with Gasteiger partial charge >= 0.3 is 0 Å². The van der Waals surface area contributed by atoms with Crippen molar-refractivity contribution in [1.82, 2.24) is 4.98 Å². The predicted octanol–water partition coefficient (Wildman–Crippen LogP) is 5.55. The van der Waals surface area contributed by atoms with Crippen molar-refractivity contribution in [2.45, 2.75) is 0 Å². The first kappa shape index (κ1) is 18.9. The Morgan fingerprint density at radius 2 is 1.47 bits per heavy atom. The topological polar surface area (TPSA) is 86.5 Å². The summed E-state index contributed by atoms with van der Waals surface area (Å²) in [5, 5.41) is 18.8. The average Bonchev–Trinajstić information content (AvgIpc) is 2.78. The van der Waals surface area contributed by atoms with E-state index in [4.69, 9.17) is 11.0 Å². The molecule has 30 heavy (non-hydrogen) atoms. The molecule has 0 aliphatic heterocycles. The van der Waals surface area contributed by atoms with Gasteiger partial charge < -0.3 is 5.73 Å². The summed E-state index contributed by atoms with van der Waals surface area (Å²) >= 11 is 0. The number of benzene rings is 3. The molecular formula is C25H15FN4. The number of hydrogen-bond donors (Lipinski definition) is 1. The second kappa shape index (κ2) is 7.87. The maximum Gasteiger partial charge on any atom is 0.142 e. The Labute approximate surface area is 173 Å². The summed E-state index contributed by atoms with van der Waals surface area (Å²) in [5.74, 6) is -0.330. The number of nitrogens with two attached hydrogens (primary N) is 1. The van der Waals surface area contributed by atoms with Crippen molar-refractivity contribution < 1.29 is 4.39 Å². The highest BCUT2D eigenvalue weighted by Crippen LogP contribution is 2.33. The fourth-order valence-electron chi connectivity index (χ4n) is 3.35. The van der Waals surface area contributed by atoms with Gasteiger partial charge in [-0.1, -0.05) is 48.5 Å². The minimum atomic E-state index is -0.480. The summed E-state index contributed by atoms with van der Waals surface area (Å²) in [5.41, 5.74) is 10.9. The van der Waals surface area contributed by atoms with E-state index in [0.717, 1.165) is 16.7 Å². The zero-order chi connectivity index (χ0) is 21.1. The Bertz CT molecular complexity index is 1330. The monoisotopic (exact) mass is 390 g/mol. The minimum absolute atomic E-state index is 0.150. The van der Waals surface area contributed by atoms with Gasteiger partial charge in [0.2, 0.25) is 0 Å². The molecule has 4 aromatic rings. The third-order valence-corrected chi connectivity index (χ3v) is 4.76. The Morgan fingerprint density at radius 1 is 0.733 bits per heavy atom. The van der Waals surface area contributed by atoms with Crippen LogP contribution in [0.1, 0.15) is 11.1 Å². The normalized spacial score (nSPS) is 10.2. The maximum atomic E-state index is 13.9. The van der Waals surface area contributed by atoms with Gasteiger partial charge in [0.15, 0.2) is 0 Å². The number of hydrogen-bond acceptors (Lipinski definition) is 4. The van der Waals surface area contributed by atoms with Gasteiger partial charge in [-0.2, -0.15) is 10.5 Å². The van der Waals surface area contributed by atoms with Crippen molar-refractivity contribution in [1.29, 1.82) is 10.5 Å². The molecule has 0 saturated heterocycles. The van der Waals surface area contributed by atoms with Gasteiger partial charge in [0, 0.05) is 11.1 Å². The first-order valence-electron chi connectivity index (χ1n) is 9.16. The van der Waals surface area contributed by atoms with Gasteiger partial charge in [-0.25, -0.2) is 9.37 Å². The molecule has 0 saturated carbocycles. The highest BCUT2D eigenvalue weighted by atomic mass is 19.1. The summed E-state index contributed by atoms with van der Waals surface area (Å²) in [6.07, 6.45) is 0. The lowest BCUT2D eigenvalue weighted by atomic mass is 9.95. The van der Waals surface area contributed by atoms with Crippen LogP contribution in [-0.2, 0) is 0 Å². The zero-order valence-electron chi connectivity index (χ0n) is 15.8. The number of halogens is 1. The summed E-state index contributed by atoms with van der Waals surface area (Å²) in [7, 11) is 0. The lowest BCUT2D eigenvalue weighted by Crippen LogP contribution is -1.99. The van der Waals surface area contributed by atoms with Crippen molar-refractivity contribution in [3.05, 3.63) is 95.8 Å². The summed E-state index contributed by atoms with van der Waals surface area (Å²) in [6, 6.07) is 27.0. The Kier molecular flexibility index (Phi) is 4.95. The number of pyridine rings is 1. The van der Waals surface area contributed by atoms with Gasteiger partial charge in [-0.05, 0) is 47.0 Å². The van der Waals surface area contributed by atoms with Crippen LogP contribution >= 0.6 is 0 Å². The lowest BCUT2D eigenvalue weighted by Gasteiger charge is -2.12. The highest BCUT2D eigenvalue weighted by molar-refractivity contribution is 5.82. The Hall–Kier alpha value is -4.48. The molecule has 4 rings (SSSR count). The standard InChI is InChI=1S/C25H15FN4/c26-21-10-16(14-27)9-20(12-21)18-7-4-8-19(11-18)22-13-24(17-5-2-1-3-6-17)30-25(29)23(22)15-28/h1-13H,(H2,29,30). The Morgan fingerprint density at radius 3 is 2.20 bits per heavy atom. The number of anilines is 1. The smallest absolute Gasteiger partial charge is 0.142 e. The van der Waals surface area contributed by atoms with E-state index in [0.29, 0.717) is 16.8 Å². The van der Waals surface area contributed by atoms with Crippen LogP contribution in [-0.4, -0.2) is 4.98 Å². The lowest BCUT2D eigenvalue weighted by molar-refractivity contribution is 0.628. The highest BCUT2D eigenvalue weighted by Gasteiger charge is 2.14. The summed E-state index contributed by atoms with van der Waals surface area (Å²) in [6.45, 7) is 0. The summed E-state index contributed by atoms with van der Waals surface area (Å²) in [4.78, 5) is 4.38. The minimum Gasteiger partial charge on any atom is -0.383 e. The second-order valence-electron chi connectivity index (χ2n) is 6.71. The fourth-order valence-corrected chi connectivity index (χ4v) is 3.35. The number of nitriles is 2.